The molecule has 7 nitrogen and oxygen atoms in total. The second kappa shape index (κ2) is 6.37. The molecule has 8 heteroatoms. The van der Waals surface area contributed by atoms with E-state index < -0.39 is 16.0 Å². The zero-order valence-electron chi connectivity index (χ0n) is 14.2. The summed E-state index contributed by atoms with van der Waals surface area (Å²) in [6.07, 6.45) is 2.01. The first-order valence-electron chi connectivity index (χ1n) is 8.33. The van der Waals surface area contributed by atoms with Gasteiger partial charge in [0, 0.05) is 17.8 Å². The van der Waals surface area contributed by atoms with E-state index in [1.54, 1.807) is 12.3 Å². The van der Waals surface area contributed by atoms with Gasteiger partial charge in [0.2, 0.25) is 10.0 Å². The molecule has 2 aromatic rings. The summed E-state index contributed by atoms with van der Waals surface area (Å²) in [5, 5.41) is 0. The first-order chi connectivity index (χ1) is 12.4. The third-order valence-corrected chi connectivity index (χ3v) is 6.45. The van der Waals surface area contributed by atoms with Crippen LogP contribution in [0, 0.1) is 6.92 Å². The van der Waals surface area contributed by atoms with Crippen molar-refractivity contribution in [2.24, 2.45) is 0 Å². The minimum atomic E-state index is -3.69. The van der Waals surface area contributed by atoms with E-state index in [-0.39, 0.29) is 24.2 Å². The highest BCUT2D eigenvalue weighted by Gasteiger charge is 2.35. The molecule has 0 radical (unpaired) electrons. The van der Waals surface area contributed by atoms with Crippen LogP contribution in [0.25, 0.3) is 0 Å². The van der Waals surface area contributed by atoms with Crippen LogP contribution in [0.4, 0.5) is 0 Å². The number of aromatic nitrogens is 1. The van der Waals surface area contributed by atoms with Gasteiger partial charge in [-0.3, -0.25) is 4.98 Å². The maximum Gasteiger partial charge on any atom is 0.338 e. The second-order valence-corrected chi connectivity index (χ2v) is 8.36. The number of carbonyl (C=O) groups is 1. The molecule has 4 rings (SSSR count). The number of benzene rings is 1. The van der Waals surface area contributed by atoms with Gasteiger partial charge in [-0.15, -0.1) is 0 Å². The molecule has 1 aromatic heterocycles. The number of carbonyl (C=O) groups excluding carboxylic acids is 1. The highest BCUT2D eigenvalue weighted by Crippen LogP contribution is 2.28. The van der Waals surface area contributed by atoms with Crippen molar-refractivity contribution in [2.45, 2.75) is 31.0 Å². The topological polar surface area (TPSA) is 85.8 Å². The fourth-order valence-electron chi connectivity index (χ4n) is 3.13. The Bertz CT molecular complexity index is 956. The Morgan fingerprint density at radius 1 is 1.27 bits per heavy atom. The van der Waals surface area contributed by atoms with E-state index in [0.29, 0.717) is 29.8 Å². The fraction of sp³-hybridized carbons (Fsp3) is 0.333. The molecule has 1 aromatic carbocycles. The standard InChI is InChI=1S/C18H18N2O5S/c1-12-2-4-14(9-19-12)25-15-6-7-20(10-15)26(22,23)16-5-3-13-11-24-18(21)17(13)8-16/h2-5,8-9,15H,6-7,10-11H2,1H3. The molecule has 2 aliphatic heterocycles. The van der Waals surface area contributed by atoms with Crippen LogP contribution in [0.15, 0.2) is 41.4 Å². The predicted octanol–water partition coefficient (Wildman–Crippen LogP) is 1.90. The van der Waals surface area contributed by atoms with Crippen LogP contribution in [0.3, 0.4) is 0 Å². The maximum absolute atomic E-state index is 12.9. The molecule has 1 saturated heterocycles. The van der Waals surface area contributed by atoms with Gasteiger partial charge in [0.25, 0.3) is 0 Å². The SMILES string of the molecule is Cc1ccc(OC2CCN(S(=O)(=O)c3ccc4c(c3)C(=O)OC4)C2)cn1. The summed E-state index contributed by atoms with van der Waals surface area (Å²) >= 11 is 0. The maximum atomic E-state index is 12.9. The Morgan fingerprint density at radius 3 is 2.88 bits per heavy atom. The van der Waals surface area contributed by atoms with Crippen LogP contribution < -0.4 is 4.74 Å². The van der Waals surface area contributed by atoms with E-state index >= 15 is 0 Å². The number of pyridine rings is 1. The number of fused-ring (bicyclic) bond motifs is 1. The molecule has 2 aliphatic rings. The van der Waals surface area contributed by atoms with Gasteiger partial charge in [-0.05, 0) is 37.6 Å². The minimum Gasteiger partial charge on any atom is -0.487 e. The molecule has 136 valence electrons. The Labute approximate surface area is 151 Å². The summed E-state index contributed by atoms with van der Waals surface area (Å²) in [5.74, 6) is 0.145. The summed E-state index contributed by atoms with van der Waals surface area (Å²) in [6, 6.07) is 8.23. The van der Waals surface area contributed by atoms with Crippen LogP contribution >= 0.6 is 0 Å². The van der Waals surface area contributed by atoms with Crippen molar-refractivity contribution >= 4 is 16.0 Å². The smallest absolute Gasteiger partial charge is 0.338 e. The van der Waals surface area contributed by atoms with Crippen molar-refractivity contribution in [1.29, 1.82) is 0 Å². The lowest BCUT2D eigenvalue weighted by Gasteiger charge is -2.17. The van der Waals surface area contributed by atoms with Gasteiger partial charge in [-0.2, -0.15) is 4.31 Å². The summed E-state index contributed by atoms with van der Waals surface area (Å²) in [4.78, 5) is 16.0. The van der Waals surface area contributed by atoms with Gasteiger partial charge >= 0.3 is 5.97 Å². The van der Waals surface area contributed by atoms with E-state index in [1.165, 1.54) is 16.4 Å². The summed E-state index contributed by atoms with van der Waals surface area (Å²) < 4.78 is 37.9. The predicted molar refractivity (Wildman–Crippen MR) is 92.3 cm³/mol. The molecule has 0 aliphatic carbocycles. The average Bonchev–Trinajstić information content (AvgIpc) is 3.24. The van der Waals surface area contributed by atoms with Gasteiger partial charge in [-0.1, -0.05) is 6.07 Å². The Balaban J connectivity index is 1.50. The zero-order valence-corrected chi connectivity index (χ0v) is 15.0. The minimum absolute atomic E-state index is 0.104. The molecule has 0 N–H and O–H groups in total. The van der Waals surface area contributed by atoms with E-state index in [4.69, 9.17) is 9.47 Å². The number of hydrogen-bond acceptors (Lipinski definition) is 6. The van der Waals surface area contributed by atoms with Crippen molar-refractivity contribution in [1.82, 2.24) is 9.29 Å². The lowest BCUT2D eigenvalue weighted by molar-refractivity contribution is 0.0535. The normalized spacial score (nSPS) is 20.0. The largest absolute Gasteiger partial charge is 0.487 e. The molecule has 0 saturated carbocycles. The molecule has 1 unspecified atom stereocenters. The number of rotatable bonds is 4. The molecular formula is C18H18N2O5S. The summed E-state index contributed by atoms with van der Waals surface area (Å²) in [5.41, 5.74) is 1.93. The molecular weight excluding hydrogens is 356 g/mol. The van der Waals surface area contributed by atoms with Crippen molar-refractivity contribution in [3.05, 3.63) is 53.3 Å². The quantitative estimate of drug-likeness (QED) is 0.760. The number of aryl methyl sites for hydroxylation is 1. The number of hydrogen-bond donors (Lipinski definition) is 0. The second-order valence-electron chi connectivity index (χ2n) is 6.42. The Morgan fingerprint density at radius 2 is 2.12 bits per heavy atom. The highest BCUT2D eigenvalue weighted by atomic mass is 32.2. The summed E-state index contributed by atoms with van der Waals surface area (Å²) in [6.45, 7) is 2.71. The lowest BCUT2D eigenvalue weighted by atomic mass is 10.1. The Hall–Kier alpha value is -2.45. The first-order valence-corrected chi connectivity index (χ1v) is 9.77. The van der Waals surface area contributed by atoms with Crippen molar-refractivity contribution in [3.8, 4) is 5.75 Å². The number of sulfonamides is 1. The third kappa shape index (κ3) is 3.06. The first kappa shape index (κ1) is 17.0. The van der Waals surface area contributed by atoms with E-state index in [2.05, 4.69) is 4.98 Å². The zero-order chi connectivity index (χ0) is 18.3. The number of ether oxygens (including phenoxy) is 2. The van der Waals surface area contributed by atoms with Gasteiger partial charge in [-0.25, -0.2) is 13.2 Å². The fourth-order valence-corrected chi connectivity index (χ4v) is 4.64. The van der Waals surface area contributed by atoms with Crippen LogP contribution in [0.2, 0.25) is 0 Å². The number of cyclic esters (lactones) is 1. The lowest BCUT2D eigenvalue weighted by Crippen LogP contribution is -2.31. The van der Waals surface area contributed by atoms with Gasteiger partial charge in [0.1, 0.15) is 18.5 Å². The molecule has 1 atom stereocenters. The van der Waals surface area contributed by atoms with Crippen LogP contribution in [-0.4, -0.2) is 42.9 Å². The van der Waals surface area contributed by atoms with Crippen molar-refractivity contribution < 1.29 is 22.7 Å². The van der Waals surface area contributed by atoms with Gasteiger partial charge in [0.15, 0.2) is 0 Å². The molecule has 3 heterocycles. The van der Waals surface area contributed by atoms with E-state index in [9.17, 15) is 13.2 Å². The number of esters is 1. The average molecular weight is 374 g/mol. The van der Waals surface area contributed by atoms with Crippen LogP contribution in [0.1, 0.15) is 28.0 Å². The monoisotopic (exact) mass is 374 g/mol. The number of nitrogens with zero attached hydrogens (tertiary/aromatic N) is 2. The molecule has 0 spiro atoms. The van der Waals surface area contributed by atoms with Crippen molar-refractivity contribution in [2.75, 3.05) is 13.1 Å². The third-order valence-electron chi connectivity index (χ3n) is 4.59. The van der Waals surface area contributed by atoms with Crippen LogP contribution in [-0.2, 0) is 21.4 Å². The summed E-state index contributed by atoms with van der Waals surface area (Å²) in [7, 11) is -3.69. The van der Waals surface area contributed by atoms with E-state index in [1.807, 2.05) is 19.1 Å². The van der Waals surface area contributed by atoms with Crippen molar-refractivity contribution in [3.63, 3.8) is 0 Å². The molecule has 0 bridgehead atoms. The van der Waals surface area contributed by atoms with Gasteiger partial charge < -0.3 is 9.47 Å². The molecule has 1 fully saturated rings. The molecule has 26 heavy (non-hydrogen) atoms. The highest BCUT2D eigenvalue weighted by molar-refractivity contribution is 7.89. The van der Waals surface area contributed by atoms with Crippen LogP contribution in [0.5, 0.6) is 5.75 Å². The van der Waals surface area contributed by atoms with E-state index in [0.717, 1.165) is 5.69 Å². The Kier molecular flexibility index (Phi) is 4.16. The molecule has 0 amide bonds. The van der Waals surface area contributed by atoms with Gasteiger partial charge in [0.05, 0.1) is 23.2 Å².